The molecule has 2 aliphatic heterocycles. The number of nitrogens with one attached hydrogen (secondary N) is 2. The molecule has 2 aromatic carbocycles. The average molecular weight is 392 g/mol. The number of hydrogen-bond acceptors (Lipinski definition) is 2. The number of amides is 3. The number of rotatable bonds is 3. The lowest BCUT2D eigenvalue weighted by molar-refractivity contribution is 0.0577. The van der Waals surface area contributed by atoms with Gasteiger partial charge in [0.2, 0.25) is 0 Å². The molecule has 2 heterocycles. The number of nitrogens with zero attached hydrogens (tertiary/aromatic N) is 1. The Labute approximate surface area is 172 Å². The molecule has 2 fully saturated rings. The Balaban J connectivity index is 1.42. The minimum atomic E-state index is -0.0197. The van der Waals surface area contributed by atoms with E-state index in [0.717, 1.165) is 48.9 Å². The standard InChI is InChI=1S/C24H29N3O2/c1-16-6-3-8-18(12-16)23(28)25-20-14-21-10-5-11-22(15-20)27(21)24(29)26-19-9-4-7-17(2)13-19/h3-4,6-9,12-13,20-22H,5,10-11,14-15H2,1-2H3,(H,25,28)(H,26,29). The second-order valence-electron chi connectivity index (χ2n) is 8.46. The van der Waals surface area contributed by atoms with Crippen molar-refractivity contribution in [2.45, 2.75) is 64.1 Å². The van der Waals surface area contributed by atoms with Gasteiger partial charge in [-0.15, -0.1) is 0 Å². The third-order valence-corrected chi connectivity index (χ3v) is 6.09. The van der Waals surface area contributed by atoms with Gasteiger partial charge in [0.15, 0.2) is 0 Å². The lowest BCUT2D eigenvalue weighted by Gasteiger charge is -2.48. The first-order valence-corrected chi connectivity index (χ1v) is 10.5. The maximum atomic E-state index is 13.0. The Kier molecular flexibility index (Phi) is 5.56. The van der Waals surface area contributed by atoms with E-state index in [-0.39, 0.29) is 30.1 Å². The lowest BCUT2D eigenvalue weighted by Crippen LogP contribution is -2.59. The Hall–Kier alpha value is -2.82. The van der Waals surface area contributed by atoms with Crippen LogP contribution < -0.4 is 10.6 Å². The van der Waals surface area contributed by atoms with Gasteiger partial charge in [0, 0.05) is 29.4 Å². The van der Waals surface area contributed by atoms with Crippen molar-refractivity contribution < 1.29 is 9.59 Å². The van der Waals surface area contributed by atoms with Crippen molar-refractivity contribution in [2.24, 2.45) is 0 Å². The van der Waals surface area contributed by atoms with Crippen LogP contribution in [0.5, 0.6) is 0 Å². The number of anilines is 1. The normalized spacial score (nSPS) is 23.4. The van der Waals surface area contributed by atoms with Gasteiger partial charge in [-0.05, 0) is 75.8 Å². The molecule has 5 heteroatoms. The first-order valence-electron chi connectivity index (χ1n) is 10.5. The molecule has 2 N–H and O–H groups in total. The van der Waals surface area contributed by atoms with Gasteiger partial charge in [0.25, 0.3) is 5.91 Å². The SMILES string of the molecule is Cc1cccc(NC(=O)N2C3CCCC2CC(NC(=O)c2cccc(C)c2)C3)c1. The summed E-state index contributed by atoms with van der Waals surface area (Å²) in [5.41, 5.74) is 3.75. The number of hydrogen-bond donors (Lipinski definition) is 2. The van der Waals surface area contributed by atoms with Gasteiger partial charge in [0.1, 0.15) is 0 Å². The topological polar surface area (TPSA) is 61.4 Å². The van der Waals surface area contributed by atoms with Gasteiger partial charge in [0.05, 0.1) is 0 Å². The maximum absolute atomic E-state index is 13.0. The molecule has 0 aromatic heterocycles. The molecule has 3 amide bonds. The molecule has 2 unspecified atom stereocenters. The third-order valence-electron chi connectivity index (χ3n) is 6.09. The maximum Gasteiger partial charge on any atom is 0.322 e. The third kappa shape index (κ3) is 4.44. The van der Waals surface area contributed by atoms with Crippen LogP contribution in [-0.4, -0.2) is 35.0 Å². The second kappa shape index (κ2) is 8.27. The van der Waals surface area contributed by atoms with Crippen molar-refractivity contribution in [3.05, 3.63) is 65.2 Å². The molecule has 5 nitrogen and oxygen atoms in total. The van der Waals surface area contributed by atoms with Crippen LogP contribution in [-0.2, 0) is 0 Å². The highest BCUT2D eigenvalue weighted by Gasteiger charge is 2.41. The number of carbonyl (C=O) groups is 2. The van der Waals surface area contributed by atoms with Crippen molar-refractivity contribution in [1.29, 1.82) is 0 Å². The predicted molar refractivity (Wildman–Crippen MR) is 115 cm³/mol. The Morgan fingerprint density at radius 1 is 0.931 bits per heavy atom. The summed E-state index contributed by atoms with van der Waals surface area (Å²) in [5.74, 6) is -0.0190. The molecule has 2 saturated heterocycles. The van der Waals surface area contributed by atoms with Gasteiger partial charge in [-0.25, -0.2) is 4.79 Å². The molecule has 2 aromatic rings. The molecule has 2 aliphatic rings. The summed E-state index contributed by atoms with van der Waals surface area (Å²) in [6.07, 6.45) is 4.76. The first kappa shape index (κ1) is 19.5. The van der Waals surface area contributed by atoms with E-state index in [1.165, 1.54) is 0 Å². The van der Waals surface area contributed by atoms with Gasteiger partial charge in [-0.3, -0.25) is 4.79 Å². The van der Waals surface area contributed by atoms with E-state index in [1.54, 1.807) is 0 Å². The molecule has 4 rings (SSSR count). The smallest absolute Gasteiger partial charge is 0.322 e. The fourth-order valence-electron chi connectivity index (χ4n) is 4.80. The van der Waals surface area contributed by atoms with Crippen LogP contribution in [0.1, 0.15) is 53.6 Å². The van der Waals surface area contributed by atoms with Crippen molar-refractivity contribution >= 4 is 17.6 Å². The fourth-order valence-corrected chi connectivity index (χ4v) is 4.80. The Morgan fingerprint density at radius 3 is 2.24 bits per heavy atom. The summed E-state index contributed by atoms with van der Waals surface area (Å²) in [6.45, 7) is 4.01. The van der Waals surface area contributed by atoms with Gasteiger partial charge in [-0.2, -0.15) is 0 Å². The van der Waals surface area contributed by atoms with E-state index in [0.29, 0.717) is 5.56 Å². The van der Waals surface area contributed by atoms with Gasteiger partial charge >= 0.3 is 6.03 Å². The number of urea groups is 1. The van der Waals surface area contributed by atoms with Crippen LogP contribution in [0.15, 0.2) is 48.5 Å². The number of carbonyl (C=O) groups excluding carboxylic acids is 2. The van der Waals surface area contributed by atoms with E-state index in [9.17, 15) is 9.59 Å². The van der Waals surface area contributed by atoms with E-state index in [2.05, 4.69) is 10.6 Å². The monoisotopic (exact) mass is 391 g/mol. The van der Waals surface area contributed by atoms with Crippen LogP contribution >= 0.6 is 0 Å². The van der Waals surface area contributed by atoms with E-state index in [1.807, 2.05) is 67.3 Å². The van der Waals surface area contributed by atoms with Crippen LogP contribution in [0.25, 0.3) is 0 Å². The summed E-state index contributed by atoms with van der Waals surface area (Å²) in [6, 6.07) is 16.0. The number of fused-ring (bicyclic) bond motifs is 2. The van der Waals surface area contributed by atoms with Crippen molar-refractivity contribution in [1.82, 2.24) is 10.2 Å². The molecule has 152 valence electrons. The van der Waals surface area contributed by atoms with Crippen LogP contribution in [0, 0.1) is 13.8 Å². The largest absolute Gasteiger partial charge is 0.349 e. The average Bonchev–Trinajstić information content (AvgIpc) is 2.67. The highest BCUT2D eigenvalue weighted by molar-refractivity contribution is 5.94. The summed E-state index contributed by atoms with van der Waals surface area (Å²) < 4.78 is 0. The van der Waals surface area contributed by atoms with E-state index >= 15 is 0 Å². The Morgan fingerprint density at radius 2 is 1.59 bits per heavy atom. The van der Waals surface area contributed by atoms with E-state index in [4.69, 9.17) is 0 Å². The Bertz CT molecular complexity index is 897. The van der Waals surface area contributed by atoms with Gasteiger partial charge < -0.3 is 15.5 Å². The van der Waals surface area contributed by atoms with Crippen molar-refractivity contribution in [2.75, 3.05) is 5.32 Å². The quantitative estimate of drug-likeness (QED) is 0.800. The molecule has 0 radical (unpaired) electrons. The number of piperidine rings is 2. The molecule has 29 heavy (non-hydrogen) atoms. The zero-order valence-corrected chi connectivity index (χ0v) is 17.2. The molecular weight excluding hydrogens is 362 g/mol. The van der Waals surface area contributed by atoms with Crippen LogP contribution in [0.4, 0.5) is 10.5 Å². The summed E-state index contributed by atoms with van der Waals surface area (Å²) in [4.78, 5) is 27.7. The lowest BCUT2D eigenvalue weighted by atomic mass is 9.82. The minimum absolute atomic E-state index is 0.0190. The summed E-state index contributed by atoms with van der Waals surface area (Å²) in [5, 5.41) is 6.28. The number of aryl methyl sites for hydroxylation is 2. The van der Waals surface area contributed by atoms with E-state index < -0.39 is 0 Å². The highest BCUT2D eigenvalue weighted by Crippen LogP contribution is 2.34. The molecule has 0 aliphatic carbocycles. The van der Waals surface area contributed by atoms with Crippen molar-refractivity contribution in [3.8, 4) is 0 Å². The summed E-state index contributed by atoms with van der Waals surface area (Å²) >= 11 is 0. The zero-order chi connectivity index (χ0) is 20.4. The molecular formula is C24H29N3O2. The minimum Gasteiger partial charge on any atom is -0.349 e. The van der Waals surface area contributed by atoms with Crippen LogP contribution in [0.3, 0.4) is 0 Å². The molecule has 0 saturated carbocycles. The van der Waals surface area contributed by atoms with Crippen molar-refractivity contribution in [3.63, 3.8) is 0 Å². The zero-order valence-electron chi connectivity index (χ0n) is 17.2. The summed E-state index contributed by atoms with van der Waals surface area (Å²) in [7, 11) is 0. The van der Waals surface area contributed by atoms with Gasteiger partial charge in [-0.1, -0.05) is 29.8 Å². The number of benzene rings is 2. The second-order valence-corrected chi connectivity index (χ2v) is 8.46. The molecule has 2 bridgehead atoms. The highest BCUT2D eigenvalue weighted by atomic mass is 16.2. The predicted octanol–water partition coefficient (Wildman–Crippen LogP) is 4.65. The fraction of sp³-hybridized carbons (Fsp3) is 0.417. The molecule has 0 spiro atoms. The van der Waals surface area contributed by atoms with Crippen LogP contribution in [0.2, 0.25) is 0 Å². The molecule has 2 atom stereocenters. The first-order chi connectivity index (χ1) is 14.0.